The van der Waals surface area contributed by atoms with Gasteiger partial charge in [0.15, 0.2) is 0 Å². The quantitative estimate of drug-likeness (QED) is 0.703. The number of hydrogen-bond acceptors (Lipinski definition) is 2. The molecular weight excluding hydrogens is 162 g/mol. The lowest BCUT2D eigenvalue weighted by atomic mass is 9.93. The Morgan fingerprint density at radius 2 is 1.85 bits per heavy atom. The summed E-state index contributed by atoms with van der Waals surface area (Å²) in [6.07, 6.45) is 7.60. The second-order valence-corrected chi connectivity index (χ2v) is 4.73. The molecule has 0 aromatic heterocycles. The third-order valence-electron chi connectivity index (χ3n) is 3.85. The monoisotopic (exact) mass is 183 g/mol. The molecule has 13 heavy (non-hydrogen) atoms. The van der Waals surface area contributed by atoms with Crippen molar-refractivity contribution < 1.29 is 5.11 Å². The first kappa shape index (κ1) is 9.47. The largest absolute Gasteiger partial charge is 0.391 e. The number of nitrogens with zero attached hydrogens (tertiary/aromatic N) is 1. The highest BCUT2D eigenvalue weighted by molar-refractivity contribution is 4.88. The third kappa shape index (κ3) is 1.89. The summed E-state index contributed by atoms with van der Waals surface area (Å²) >= 11 is 0. The van der Waals surface area contributed by atoms with Gasteiger partial charge in [-0.05, 0) is 45.2 Å². The third-order valence-corrected chi connectivity index (χ3v) is 3.85. The van der Waals surface area contributed by atoms with Crippen molar-refractivity contribution in [3.05, 3.63) is 0 Å². The molecule has 1 heterocycles. The minimum absolute atomic E-state index is 0.0463. The molecule has 2 fully saturated rings. The van der Waals surface area contributed by atoms with Crippen molar-refractivity contribution in [1.29, 1.82) is 0 Å². The number of likely N-dealkylation sites (tertiary alicyclic amines) is 1. The Morgan fingerprint density at radius 3 is 2.38 bits per heavy atom. The van der Waals surface area contributed by atoms with Crippen molar-refractivity contribution in [2.45, 2.75) is 50.7 Å². The van der Waals surface area contributed by atoms with E-state index in [1.54, 1.807) is 0 Å². The molecule has 2 aliphatic rings. The molecular formula is C11H21NO. The molecule has 76 valence electrons. The lowest BCUT2D eigenvalue weighted by molar-refractivity contribution is 0.0389. The van der Waals surface area contributed by atoms with E-state index in [0.717, 1.165) is 0 Å². The molecule has 1 aliphatic heterocycles. The Kier molecular flexibility index (Phi) is 2.89. The van der Waals surface area contributed by atoms with Crippen LogP contribution in [0.4, 0.5) is 0 Å². The van der Waals surface area contributed by atoms with Gasteiger partial charge in [-0.15, -0.1) is 0 Å². The standard InChI is InChI=1S/C11H21NO/c1-12-8-4-7-10(12)11(13)9-5-2-3-6-9/h9-11,13H,2-8H2,1H3/t10-,11?/m0/s1. The smallest absolute Gasteiger partial charge is 0.0723 e. The number of aliphatic hydroxyl groups excluding tert-OH is 1. The Labute approximate surface area is 80.9 Å². The van der Waals surface area contributed by atoms with Crippen LogP contribution in [0, 0.1) is 5.92 Å². The lowest BCUT2D eigenvalue weighted by Gasteiger charge is -2.29. The summed E-state index contributed by atoms with van der Waals surface area (Å²) in [4.78, 5) is 2.34. The first-order valence-corrected chi connectivity index (χ1v) is 5.67. The predicted molar refractivity (Wildman–Crippen MR) is 53.6 cm³/mol. The zero-order chi connectivity index (χ0) is 9.26. The van der Waals surface area contributed by atoms with Crippen LogP contribution in [-0.2, 0) is 0 Å². The van der Waals surface area contributed by atoms with Gasteiger partial charge in [0.1, 0.15) is 0 Å². The zero-order valence-electron chi connectivity index (χ0n) is 8.58. The minimum Gasteiger partial charge on any atom is -0.391 e. The van der Waals surface area contributed by atoms with E-state index in [1.165, 1.54) is 45.1 Å². The fraction of sp³-hybridized carbons (Fsp3) is 1.00. The predicted octanol–water partition coefficient (Wildman–Crippen LogP) is 1.63. The molecule has 1 aliphatic carbocycles. The van der Waals surface area contributed by atoms with Gasteiger partial charge in [-0.1, -0.05) is 12.8 Å². The van der Waals surface area contributed by atoms with Crippen molar-refractivity contribution in [2.75, 3.05) is 13.6 Å². The highest BCUT2D eigenvalue weighted by Crippen LogP contribution is 2.32. The molecule has 0 amide bonds. The van der Waals surface area contributed by atoms with Crippen LogP contribution < -0.4 is 0 Å². The van der Waals surface area contributed by atoms with E-state index < -0.39 is 0 Å². The Balaban J connectivity index is 1.91. The maximum atomic E-state index is 10.2. The van der Waals surface area contributed by atoms with Gasteiger partial charge >= 0.3 is 0 Å². The molecule has 2 rings (SSSR count). The number of hydrogen-bond donors (Lipinski definition) is 1. The fourth-order valence-electron chi connectivity index (χ4n) is 2.98. The van der Waals surface area contributed by atoms with E-state index in [9.17, 15) is 5.11 Å². The van der Waals surface area contributed by atoms with Crippen LogP contribution in [-0.4, -0.2) is 35.7 Å². The number of rotatable bonds is 2. The molecule has 2 heteroatoms. The van der Waals surface area contributed by atoms with Crippen molar-refractivity contribution >= 4 is 0 Å². The molecule has 2 atom stereocenters. The summed E-state index contributed by atoms with van der Waals surface area (Å²) < 4.78 is 0. The Bertz CT molecular complexity index is 165. The first-order valence-electron chi connectivity index (χ1n) is 5.67. The van der Waals surface area contributed by atoms with E-state index in [-0.39, 0.29) is 6.10 Å². The molecule has 1 saturated heterocycles. The summed E-state index contributed by atoms with van der Waals surface area (Å²) in [5.41, 5.74) is 0. The Morgan fingerprint density at radius 1 is 1.15 bits per heavy atom. The van der Waals surface area contributed by atoms with Gasteiger partial charge in [0.2, 0.25) is 0 Å². The second kappa shape index (κ2) is 3.97. The van der Waals surface area contributed by atoms with Gasteiger partial charge < -0.3 is 10.0 Å². The van der Waals surface area contributed by atoms with Gasteiger partial charge in [0.25, 0.3) is 0 Å². The van der Waals surface area contributed by atoms with Gasteiger partial charge in [0, 0.05) is 6.04 Å². The van der Waals surface area contributed by atoms with Gasteiger partial charge in [0.05, 0.1) is 6.10 Å². The zero-order valence-corrected chi connectivity index (χ0v) is 8.58. The molecule has 1 N–H and O–H groups in total. The van der Waals surface area contributed by atoms with Crippen LogP contribution in [0.3, 0.4) is 0 Å². The number of likely N-dealkylation sites (N-methyl/N-ethyl adjacent to an activating group) is 1. The van der Waals surface area contributed by atoms with Crippen molar-refractivity contribution in [3.63, 3.8) is 0 Å². The van der Waals surface area contributed by atoms with Gasteiger partial charge in [-0.3, -0.25) is 0 Å². The summed E-state index contributed by atoms with van der Waals surface area (Å²) in [6.45, 7) is 1.18. The van der Waals surface area contributed by atoms with Crippen LogP contribution in [0.2, 0.25) is 0 Å². The number of aliphatic hydroxyl groups is 1. The highest BCUT2D eigenvalue weighted by atomic mass is 16.3. The summed E-state index contributed by atoms with van der Waals surface area (Å²) in [7, 11) is 2.15. The average molecular weight is 183 g/mol. The highest BCUT2D eigenvalue weighted by Gasteiger charge is 2.34. The van der Waals surface area contributed by atoms with Crippen molar-refractivity contribution in [3.8, 4) is 0 Å². The minimum atomic E-state index is -0.0463. The second-order valence-electron chi connectivity index (χ2n) is 4.73. The van der Waals surface area contributed by atoms with E-state index >= 15 is 0 Å². The van der Waals surface area contributed by atoms with E-state index in [2.05, 4.69) is 11.9 Å². The summed E-state index contributed by atoms with van der Waals surface area (Å²) in [5.74, 6) is 0.602. The first-order chi connectivity index (χ1) is 6.29. The molecule has 0 aromatic rings. The molecule has 0 spiro atoms. The van der Waals surface area contributed by atoms with Crippen molar-refractivity contribution in [2.24, 2.45) is 5.92 Å². The topological polar surface area (TPSA) is 23.5 Å². The molecule has 0 aromatic carbocycles. The fourth-order valence-corrected chi connectivity index (χ4v) is 2.98. The normalized spacial score (nSPS) is 34.2. The average Bonchev–Trinajstić information content (AvgIpc) is 2.72. The molecule has 1 unspecified atom stereocenters. The van der Waals surface area contributed by atoms with Gasteiger partial charge in [-0.25, -0.2) is 0 Å². The summed E-state index contributed by atoms with van der Waals surface area (Å²) in [5, 5.41) is 10.2. The van der Waals surface area contributed by atoms with Crippen molar-refractivity contribution in [1.82, 2.24) is 4.90 Å². The maximum Gasteiger partial charge on any atom is 0.0723 e. The van der Waals surface area contributed by atoms with Crippen LogP contribution in [0.1, 0.15) is 38.5 Å². The van der Waals surface area contributed by atoms with Crippen LogP contribution in [0.15, 0.2) is 0 Å². The van der Waals surface area contributed by atoms with E-state index in [4.69, 9.17) is 0 Å². The molecule has 1 saturated carbocycles. The van der Waals surface area contributed by atoms with E-state index in [1.807, 2.05) is 0 Å². The Hall–Kier alpha value is -0.0800. The maximum absolute atomic E-state index is 10.2. The SMILES string of the molecule is CN1CCC[C@H]1C(O)C1CCCC1. The summed E-state index contributed by atoms with van der Waals surface area (Å²) in [6, 6.07) is 0.461. The molecule has 0 radical (unpaired) electrons. The lowest BCUT2D eigenvalue weighted by Crippen LogP contribution is -2.40. The molecule has 0 bridgehead atoms. The van der Waals surface area contributed by atoms with Crippen LogP contribution in [0.5, 0.6) is 0 Å². The van der Waals surface area contributed by atoms with Crippen LogP contribution >= 0.6 is 0 Å². The van der Waals surface area contributed by atoms with Gasteiger partial charge in [-0.2, -0.15) is 0 Å². The molecule has 2 nitrogen and oxygen atoms in total. The van der Waals surface area contributed by atoms with E-state index in [0.29, 0.717) is 12.0 Å². The van der Waals surface area contributed by atoms with Crippen LogP contribution in [0.25, 0.3) is 0 Å².